The summed E-state index contributed by atoms with van der Waals surface area (Å²) in [6.07, 6.45) is 5.47. The molecule has 2 aliphatic rings. The summed E-state index contributed by atoms with van der Waals surface area (Å²) in [6.45, 7) is 2.02. The molecule has 0 aromatic carbocycles. The highest BCUT2D eigenvalue weighted by Crippen LogP contribution is 2.56. The molecular weight excluding hydrogens is 543 g/mol. The Hall–Kier alpha value is -4.06. The number of H-pyrrole nitrogens is 2. The van der Waals surface area contributed by atoms with E-state index in [2.05, 4.69) is 37.1 Å². The van der Waals surface area contributed by atoms with E-state index in [1.807, 2.05) is 30.5 Å². The number of pyridine rings is 2. The van der Waals surface area contributed by atoms with Crippen molar-refractivity contribution in [2.45, 2.75) is 24.7 Å². The van der Waals surface area contributed by atoms with Gasteiger partial charge in [-0.15, -0.1) is 22.7 Å². The van der Waals surface area contributed by atoms with Crippen LogP contribution in [0.25, 0.3) is 43.5 Å². The van der Waals surface area contributed by atoms with Crippen molar-refractivity contribution in [1.82, 2.24) is 35.2 Å². The molecule has 1 aliphatic carbocycles. The van der Waals surface area contributed by atoms with Crippen LogP contribution in [-0.2, 0) is 6.42 Å². The fourth-order valence-corrected chi connectivity index (χ4v) is 7.43. The SMILES string of the molecule is O=c1[nH]c(-c2ccc(C3CC3c3csc4c(=O)[nH]c(-c5ccccn5)nc34)cn2)nc2c(CC3CNC3)csc12. The third-order valence-corrected chi connectivity index (χ3v) is 9.89. The van der Waals surface area contributed by atoms with E-state index in [1.165, 1.54) is 22.7 Å². The van der Waals surface area contributed by atoms with E-state index >= 15 is 0 Å². The van der Waals surface area contributed by atoms with Crippen LogP contribution in [0.3, 0.4) is 0 Å². The maximum absolute atomic E-state index is 12.8. The Morgan fingerprint density at radius 1 is 0.825 bits per heavy atom. The lowest BCUT2D eigenvalue weighted by Crippen LogP contribution is -2.43. The molecule has 1 aliphatic heterocycles. The predicted molar refractivity (Wildman–Crippen MR) is 157 cm³/mol. The van der Waals surface area contributed by atoms with Gasteiger partial charge in [0.1, 0.15) is 20.8 Å². The Morgan fingerprint density at radius 3 is 2.27 bits per heavy atom. The molecule has 11 heteroatoms. The minimum atomic E-state index is -0.137. The summed E-state index contributed by atoms with van der Waals surface area (Å²) in [5.74, 6) is 2.15. The Labute approximate surface area is 235 Å². The van der Waals surface area contributed by atoms with Gasteiger partial charge in [0.05, 0.1) is 11.0 Å². The van der Waals surface area contributed by atoms with E-state index in [1.54, 1.807) is 6.20 Å². The number of rotatable bonds is 6. The minimum Gasteiger partial charge on any atom is -0.316 e. The first-order valence-corrected chi connectivity index (χ1v) is 15.0. The summed E-state index contributed by atoms with van der Waals surface area (Å²) in [7, 11) is 0. The zero-order chi connectivity index (χ0) is 26.8. The summed E-state index contributed by atoms with van der Waals surface area (Å²) in [4.78, 5) is 50.0. The van der Waals surface area contributed by atoms with E-state index in [9.17, 15) is 9.59 Å². The molecule has 8 rings (SSSR count). The van der Waals surface area contributed by atoms with Gasteiger partial charge in [-0.05, 0) is 89.3 Å². The van der Waals surface area contributed by atoms with Gasteiger partial charge < -0.3 is 15.3 Å². The van der Waals surface area contributed by atoms with Crippen LogP contribution in [0.4, 0.5) is 0 Å². The molecule has 6 aromatic rings. The van der Waals surface area contributed by atoms with Crippen molar-refractivity contribution in [3.8, 4) is 23.0 Å². The lowest BCUT2D eigenvalue weighted by atomic mass is 9.95. The summed E-state index contributed by atoms with van der Waals surface area (Å²) in [6, 6.07) is 9.56. The molecule has 40 heavy (non-hydrogen) atoms. The van der Waals surface area contributed by atoms with Crippen LogP contribution in [-0.4, -0.2) is 43.0 Å². The standard InChI is InChI=1S/C29H23N7O2S2/c37-28-24-22(16(12-39-24)7-14-9-30-10-14)33-27(36-28)21-5-4-15(11-32-21)17-8-18(17)19-13-40-25-23(19)34-26(35-29(25)38)20-3-1-2-6-31-20/h1-6,11-14,17-18,30H,7-10H2,(H,33,36,37)(H,34,35,38). The first kappa shape index (κ1) is 23.8. The lowest BCUT2D eigenvalue weighted by molar-refractivity contribution is 0.347. The largest absolute Gasteiger partial charge is 0.316 e. The van der Waals surface area contributed by atoms with Crippen molar-refractivity contribution in [3.63, 3.8) is 0 Å². The molecule has 1 saturated heterocycles. The van der Waals surface area contributed by atoms with Crippen molar-refractivity contribution in [2.24, 2.45) is 5.92 Å². The highest BCUT2D eigenvalue weighted by atomic mass is 32.1. The molecule has 3 N–H and O–H groups in total. The van der Waals surface area contributed by atoms with Gasteiger partial charge in [0.25, 0.3) is 11.1 Å². The first-order valence-electron chi connectivity index (χ1n) is 13.2. The molecule has 0 spiro atoms. The normalized spacial score (nSPS) is 18.8. The molecule has 1 saturated carbocycles. The monoisotopic (exact) mass is 565 g/mol. The third kappa shape index (κ3) is 4.00. The Bertz CT molecular complexity index is 2010. The number of nitrogens with one attached hydrogen (secondary N) is 3. The minimum absolute atomic E-state index is 0.118. The molecule has 2 fully saturated rings. The Kier molecular flexibility index (Phi) is 5.51. The van der Waals surface area contributed by atoms with Crippen LogP contribution in [0, 0.1) is 5.92 Å². The summed E-state index contributed by atoms with van der Waals surface area (Å²) in [5, 5.41) is 7.43. The van der Waals surface area contributed by atoms with E-state index in [4.69, 9.17) is 15.0 Å². The molecule has 6 aromatic heterocycles. The highest BCUT2D eigenvalue weighted by molar-refractivity contribution is 7.17. The van der Waals surface area contributed by atoms with Gasteiger partial charge in [0, 0.05) is 12.4 Å². The Morgan fingerprint density at radius 2 is 1.57 bits per heavy atom. The molecule has 9 nitrogen and oxygen atoms in total. The van der Waals surface area contributed by atoms with Gasteiger partial charge in [-0.3, -0.25) is 19.6 Å². The molecule has 0 radical (unpaired) electrons. The number of thiophene rings is 2. The second-order valence-electron chi connectivity index (χ2n) is 10.5. The van der Waals surface area contributed by atoms with E-state index in [0.29, 0.717) is 44.3 Å². The van der Waals surface area contributed by atoms with Crippen LogP contribution in [0.5, 0.6) is 0 Å². The van der Waals surface area contributed by atoms with Gasteiger partial charge in [-0.25, -0.2) is 9.97 Å². The van der Waals surface area contributed by atoms with Crippen LogP contribution in [0.1, 0.15) is 34.9 Å². The van der Waals surface area contributed by atoms with E-state index in [-0.39, 0.29) is 17.0 Å². The average Bonchev–Trinajstić information content (AvgIpc) is 3.44. The van der Waals surface area contributed by atoms with E-state index < -0.39 is 0 Å². The van der Waals surface area contributed by atoms with Crippen LogP contribution >= 0.6 is 22.7 Å². The van der Waals surface area contributed by atoms with E-state index in [0.717, 1.165) is 53.7 Å². The maximum atomic E-state index is 12.8. The van der Waals surface area contributed by atoms with Crippen molar-refractivity contribution in [3.05, 3.63) is 90.9 Å². The summed E-state index contributed by atoms with van der Waals surface area (Å²) < 4.78 is 1.31. The fourth-order valence-electron chi connectivity index (χ4n) is 5.55. The zero-order valence-electron chi connectivity index (χ0n) is 21.2. The molecule has 2 atom stereocenters. The number of hydrogen-bond donors (Lipinski definition) is 3. The molecule has 0 bridgehead atoms. The quantitative estimate of drug-likeness (QED) is 0.272. The number of hydrogen-bond acceptors (Lipinski definition) is 9. The second-order valence-corrected chi connectivity index (χ2v) is 12.3. The van der Waals surface area contributed by atoms with Crippen LogP contribution < -0.4 is 16.4 Å². The van der Waals surface area contributed by atoms with Gasteiger partial charge >= 0.3 is 0 Å². The molecular formula is C29H23N7O2S2. The molecule has 198 valence electrons. The second kappa shape index (κ2) is 9.26. The predicted octanol–water partition coefficient (Wildman–Crippen LogP) is 4.44. The highest BCUT2D eigenvalue weighted by Gasteiger charge is 2.41. The Balaban J connectivity index is 1.07. The van der Waals surface area contributed by atoms with Gasteiger partial charge in [0.2, 0.25) is 0 Å². The maximum Gasteiger partial charge on any atom is 0.269 e. The lowest BCUT2D eigenvalue weighted by Gasteiger charge is -2.26. The number of aromatic nitrogens is 6. The van der Waals surface area contributed by atoms with Crippen molar-refractivity contribution in [2.75, 3.05) is 13.1 Å². The number of fused-ring (bicyclic) bond motifs is 2. The fraction of sp³-hybridized carbons (Fsp3) is 0.241. The topological polar surface area (TPSA) is 129 Å². The van der Waals surface area contributed by atoms with Gasteiger partial charge in [-0.2, -0.15) is 0 Å². The summed E-state index contributed by atoms with van der Waals surface area (Å²) in [5.41, 5.74) is 5.95. The molecule has 0 amide bonds. The van der Waals surface area contributed by atoms with Crippen molar-refractivity contribution >= 4 is 43.1 Å². The van der Waals surface area contributed by atoms with Crippen LogP contribution in [0.2, 0.25) is 0 Å². The molecule has 7 heterocycles. The zero-order valence-corrected chi connectivity index (χ0v) is 22.8. The third-order valence-electron chi connectivity index (χ3n) is 7.88. The molecule has 2 unspecified atom stereocenters. The smallest absolute Gasteiger partial charge is 0.269 e. The summed E-state index contributed by atoms with van der Waals surface area (Å²) >= 11 is 2.89. The van der Waals surface area contributed by atoms with Crippen molar-refractivity contribution < 1.29 is 0 Å². The van der Waals surface area contributed by atoms with Crippen molar-refractivity contribution in [1.29, 1.82) is 0 Å². The first-order chi connectivity index (χ1) is 19.6. The van der Waals surface area contributed by atoms with Crippen LogP contribution in [0.15, 0.2) is 63.1 Å². The average molecular weight is 566 g/mol. The van der Waals surface area contributed by atoms with Gasteiger partial charge in [0.15, 0.2) is 11.6 Å². The number of aromatic amines is 2. The van der Waals surface area contributed by atoms with Gasteiger partial charge in [-0.1, -0.05) is 12.1 Å². The number of nitrogens with zero attached hydrogens (tertiary/aromatic N) is 4.